The molecule has 1 aliphatic rings. The molecule has 1 unspecified atom stereocenters. The highest BCUT2D eigenvalue weighted by Gasteiger charge is 2.43. The number of fused-ring (bicyclic) bond motifs is 1. The van der Waals surface area contributed by atoms with Gasteiger partial charge in [0.2, 0.25) is 0 Å². The first-order chi connectivity index (χ1) is 9.63. The number of rotatable bonds is 2. The second-order valence-electron chi connectivity index (χ2n) is 5.85. The van der Waals surface area contributed by atoms with E-state index in [1.165, 1.54) is 13.0 Å². The second kappa shape index (κ2) is 5.15. The lowest BCUT2D eigenvalue weighted by Gasteiger charge is -2.27. The minimum atomic E-state index is -0.929. The Labute approximate surface area is 127 Å². The van der Waals surface area contributed by atoms with Crippen LogP contribution in [0.3, 0.4) is 0 Å². The molecular formula is C15H16ClNO4. The summed E-state index contributed by atoms with van der Waals surface area (Å²) in [6.45, 7) is 6.71. The third-order valence-electron chi connectivity index (χ3n) is 3.02. The number of benzene rings is 1. The smallest absolute Gasteiger partial charge is 0.329 e. The van der Waals surface area contributed by atoms with Gasteiger partial charge in [-0.05, 0) is 39.8 Å². The Kier molecular flexibility index (Phi) is 3.80. The molecule has 0 saturated heterocycles. The van der Waals surface area contributed by atoms with Crippen LogP contribution in [0.4, 0.5) is 5.69 Å². The summed E-state index contributed by atoms with van der Waals surface area (Å²) in [7, 11) is 0. The van der Waals surface area contributed by atoms with Crippen molar-refractivity contribution in [2.24, 2.45) is 0 Å². The van der Waals surface area contributed by atoms with Crippen molar-refractivity contribution in [2.45, 2.75) is 39.3 Å². The van der Waals surface area contributed by atoms with E-state index in [0.717, 1.165) is 4.90 Å². The first-order valence-corrected chi connectivity index (χ1v) is 6.90. The van der Waals surface area contributed by atoms with E-state index in [1.54, 1.807) is 32.9 Å². The van der Waals surface area contributed by atoms with Crippen LogP contribution in [0.15, 0.2) is 18.2 Å². The molecule has 5 nitrogen and oxygen atoms in total. The van der Waals surface area contributed by atoms with Crippen molar-refractivity contribution in [3.05, 3.63) is 28.8 Å². The predicted molar refractivity (Wildman–Crippen MR) is 78.6 cm³/mol. The van der Waals surface area contributed by atoms with Gasteiger partial charge < -0.3 is 4.74 Å². The number of amides is 1. The van der Waals surface area contributed by atoms with Crippen LogP contribution in [0.25, 0.3) is 0 Å². The van der Waals surface area contributed by atoms with E-state index in [9.17, 15) is 14.4 Å². The molecule has 112 valence electrons. The van der Waals surface area contributed by atoms with Gasteiger partial charge in [-0.25, -0.2) is 4.79 Å². The van der Waals surface area contributed by atoms with Crippen LogP contribution >= 0.6 is 11.6 Å². The molecular weight excluding hydrogens is 294 g/mol. The molecule has 0 N–H and O–H groups in total. The molecule has 1 atom stereocenters. The average Bonchev–Trinajstić information content (AvgIpc) is 2.61. The number of halogens is 1. The van der Waals surface area contributed by atoms with Gasteiger partial charge in [0.1, 0.15) is 11.6 Å². The van der Waals surface area contributed by atoms with E-state index in [1.807, 2.05) is 0 Å². The first kappa shape index (κ1) is 15.5. The highest BCUT2D eigenvalue weighted by atomic mass is 35.5. The molecule has 1 aromatic carbocycles. The summed E-state index contributed by atoms with van der Waals surface area (Å²) >= 11 is 6.08. The number of carbonyl (C=O) groups is 3. The van der Waals surface area contributed by atoms with E-state index in [4.69, 9.17) is 16.3 Å². The van der Waals surface area contributed by atoms with Gasteiger partial charge in [0.15, 0.2) is 0 Å². The summed E-state index contributed by atoms with van der Waals surface area (Å²) in [5, 5.41) is 0.252. The van der Waals surface area contributed by atoms with Crippen LogP contribution in [0.5, 0.6) is 0 Å². The van der Waals surface area contributed by atoms with E-state index in [-0.39, 0.29) is 16.3 Å². The monoisotopic (exact) mass is 309 g/mol. The molecule has 1 heterocycles. The summed E-state index contributed by atoms with van der Waals surface area (Å²) in [4.78, 5) is 37.4. The Morgan fingerprint density at radius 2 is 1.90 bits per heavy atom. The molecule has 21 heavy (non-hydrogen) atoms. The summed E-state index contributed by atoms with van der Waals surface area (Å²) in [5.74, 6) is -2.02. The maximum atomic E-state index is 12.1. The lowest BCUT2D eigenvalue weighted by molar-refractivity contribution is -0.156. The van der Waals surface area contributed by atoms with Crippen molar-refractivity contribution in [3.8, 4) is 0 Å². The number of para-hydroxylation sites is 1. The number of hydrogen-bond donors (Lipinski definition) is 0. The Hall–Kier alpha value is -1.88. The Morgan fingerprint density at radius 1 is 1.29 bits per heavy atom. The summed E-state index contributed by atoms with van der Waals surface area (Å²) in [5.41, 5.74) is -0.197. The Morgan fingerprint density at radius 3 is 2.48 bits per heavy atom. The molecule has 0 fully saturated rings. The fourth-order valence-electron chi connectivity index (χ4n) is 2.13. The lowest BCUT2D eigenvalue weighted by Crippen LogP contribution is -2.45. The van der Waals surface area contributed by atoms with Gasteiger partial charge in [-0.3, -0.25) is 14.5 Å². The molecule has 6 heteroatoms. The average molecular weight is 310 g/mol. The quantitative estimate of drug-likeness (QED) is 0.622. The number of anilines is 1. The molecule has 1 aromatic rings. The Bertz CT molecular complexity index is 633. The van der Waals surface area contributed by atoms with Gasteiger partial charge in [-0.1, -0.05) is 17.7 Å². The number of hydrogen-bond acceptors (Lipinski definition) is 4. The zero-order chi connectivity index (χ0) is 15.9. The minimum absolute atomic E-state index is 0.211. The third kappa shape index (κ3) is 2.78. The molecule has 0 saturated carbocycles. The van der Waals surface area contributed by atoms with Crippen LogP contribution in [-0.4, -0.2) is 29.3 Å². The third-order valence-corrected chi connectivity index (χ3v) is 3.33. The number of Topliss-reactive ketones (excluding diaryl/α,β-unsaturated/α-hetero) is 1. The van der Waals surface area contributed by atoms with Crippen molar-refractivity contribution in [1.29, 1.82) is 0 Å². The predicted octanol–water partition coefficient (Wildman–Crippen LogP) is 2.60. The fraction of sp³-hybridized carbons (Fsp3) is 0.400. The van der Waals surface area contributed by atoms with E-state index in [2.05, 4.69) is 0 Å². The number of ketones is 1. The molecule has 0 spiro atoms. The van der Waals surface area contributed by atoms with Crippen molar-refractivity contribution in [2.75, 3.05) is 4.90 Å². The normalized spacial score (nSPS) is 16.0. The summed E-state index contributed by atoms with van der Waals surface area (Å²) in [6.07, 6.45) is 0. The van der Waals surface area contributed by atoms with Gasteiger partial charge in [0, 0.05) is 0 Å². The molecule has 1 aliphatic heterocycles. The molecule has 0 aromatic heterocycles. The van der Waals surface area contributed by atoms with Crippen molar-refractivity contribution < 1.29 is 19.1 Å². The molecule has 0 radical (unpaired) electrons. The number of esters is 1. The molecule has 2 rings (SSSR count). The van der Waals surface area contributed by atoms with Crippen LogP contribution in [0.2, 0.25) is 5.02 Å². The zero-order valence-electron chi connectivity index (χ0n) is 12.3. The highest BCUT2D eigenvalue weighted by molar-refractivity contribution is 6.54. The molecule has 0 bridgehead atoms. The highest BCUT2D eigenvalue weighted by Crippen LogP contribution is 2.37. The van der Waals surface area contributed by atoms with E-state index < -0.39 is 29.3 Å². The molecule has 1 amide bonds. The van der Waals surface area contributed by atoms with Crippen LogP contribution in [0.1, 0.15) is 38.1 Å². The largest absolute Gasteiger partial charge is 0.458 e. The van der Waals surface area contributed by atoms with Gasteiger partial charge in [0.05, 0.1) is 16.3 Å². The maximum absolute atomic E-state index is 12.1. The topological polar surface area (TPSA) is 63.7 Å². The van der Waals surface area contributed by atoms with Crippen molar-refractivity contribution in [3.63, 3.8) is 0 Å². The van der Waals surface area contributed by atoms with E-state index >= 15 is 0 Å². The standard InChI is InChI=1S/C15H16ClNO4/c1-8(14(20)21-15(2,3)4)17-11-9(12(18)13(17)19)6-5-7-10(11)16/h5-8H,1-4H3. The lowest BCUT2D eigenvalue weighted by atomic mass is 10.1. The summed E-state index contributed by atoms with van der Waals surface area (Å²) in [6, 6.07) is 3.75. The molecule has 0 aliphatic carbocycles. The Balaban J connectivity index is 2.40. The number of carbonyl (C=O) groups excluding carboxylic acids is 3. The van der Waals surface area contributed by atoms with Gasteiger partial charge in [-0.15, -0.1) is 0 Å². The van der Waals surface area contributed by atoms with Gasteiger partial charge in [-0.2, -0.15) is 0 Å². The maximum Gasteiger partial charge on any atom is 0.329 e. The SMILES string of the molecule is CC(C(=O)OC(C)(C)C)N1C(=O)C(=O)c2cccc(Cl)c21. The first-order valence-electron chi connectivity index (χ1n) is 6.53. The van der Waals surface area contributed by atoms with Crippen LogP contribution in [0, 0.1) is 0 Å². The number of nitrogens with zero attached hydrogens (tertiary/aromatic N) is 1. The van der Waals surface area contributed by atoms with Crippen molar-refractivity contribution in [1.82, 2.24) is 0 Å². The van der Waals surface area contributed by atoms with Gasteiger partial charge in [0.25, 0.3) is 11.7 Å². The van der Waals surface area contributed by atoms with Gasteiger partial charge >= 0.3 is 5.97 Å². The van der Waals surface area contributed by atoms with E-state index in [0.29, 0.717) is 0 Å². The minimum Gasteiger partial charge on any atom is -0.458 e. The van der Waals surface area contributed by atoms with Crippen molar-refractivity contribution >= 4 is 34.9 Å². The summed E-state index contributed by atoms with van der Waals surface area (Å²) < 4.78 is 5.26. The van der Waals surface area contributed by atoms with Crippen LogP contribution in [-0.2, 0) is 14.3 Å². The number of ether oxygens (including phenoxy) is 1. The second-order valence-corrected chi connectivity index (χ2v) is 6.26. The van der Waals surface area contributed by atoms with Crippen LogP contribution < -0.4 is 4.90 Å². The zero-order valence-corrected chi connectivity index (χ0v) is 13.0. The fourth-order valence-corrected chi connectivity index (χ4v) is 2.40.